The van der Waals surface area contributed by atoms with E-state index in [9.17, 15) is 18.4 Å². The van der Waals surface area contributed by atoms with Gasteiger partial charge in [0, 0.05) is 32.6 Å². The van der Waals surface area contributed by atoms with Crippen LogP contribution in [0.3, 0.4) is 0 Å². The molecule has 2 saturated heterocycles. The second-order valence-electron chi connectivity index (χ2n) is 8.33. The summed E-state index contributed by atoms with van der Waals surface area (Å²) < 4.78 is 27.0. The topological polar surface area (TPSA) is 52.7 Å². The zero-order chi connectivity index (χ0) is 16.6. The Hall–Kier alpha value is -1.40. The van der Waals surface area contributed by atoms with Crippen LogP contribution in [0.1, 0.15) is 26.7 Å². The molecule has 4 fully saturated rings. The molecule has 0 aromatic heterocycles. The van der Waals surface area contributed by atoms with E-state index in [1.165, 1.54) is 4.90 Å². The third-order valence-corrected chi connectivity index (χ3v) is 6.83. The molecular weight excluding hydrogens is 304 g/mol. The maximum Gasteiger partial charge on any atom is 0.317 e. The van der Waals surface area contributed by atoms with E-state index in [1.54, 1.807) is 4.90 Å². The summed E-state index contributed by atoms with van der Waals surface area (Å²) in [5.41, 5.74) is -0.643. The first-order valence-electron chi connectivity index (χ1n) is 8.35. The molecule has 4 aliphatic rings. The number of nitrogens with one attached hydrogen (secondary N) is 1. The van der Waals surface area contributed by atoms with E-state index >= 15 is 0 Å². The number of rotatable bonds is 2. The van der Waals surface area contributed by atoms with Crippen LogP contribution in [0.25, 0.3) is 0 Å². The number of nitrogens with zero attached hydrogens (tertiary/aromatic N) is 2. The van der Waals surface area contributed by atoms with Crippen molar-refractivity contribution in [1.29, 1.82) is 0 Å². The fourth-order valence-electron chi connectivity index (χ4n) is 4.60. The SMILES string of the molecule is CC1(C)C2CN(C(=O)CNC(=O)N3CC4(CCC4(F)F)C3)CC21. The van der Waals surface area contributed by atoms with E-state index in [1.807, 2.05) is 0 Å². The number of hydrogen-bond donors (Lipinski definition) is 1. The minimum absolute atomic E-state index is 0.0431. The molecule has 3 amide bonds. The second kappa shape index (κ2) is 4.36. The fourth-order valence-corrected chi connectivity index (χ4v) is 4.60. The van der Waals surface area contributed by atoms with Gasteiger partial charge in [-0.15, -0.1) is 0 Å². The Morgan fingerprint density at radius 2 is 1.70 bits per heavy atom. The maximum absolute atomic E-state index is 13.5. The van der Waals surface area contributed by atoms with Crippen LogP contribution in [0.15, 0.2) is 0 Å². The van der Waals surface area contributed by atoms with Gasteiger partial charge in [-0.05, 0) is 23.7 Å². The normalized spacial score (nSPS) is 34.4. The summed E-state index contributed by atoms with van der Waals surface area (Å²) in [5, 5.41) is 2.58. The van der Waals surface area contributed by atoms with Crippen molar-refractivity contribution in [3.63, 3.8) is 0 Å². The molecule has 1 N–H and O–H groups in total. The van der Waals surface area contributed by atoms with Gasteiger partial charge in [0.05, 0.1) is 12.0 Å². The third-order valence-electron chi connectivity index (χ3n) is 6.83. The number of hydrogen-bond acceptors (Lipinski definition) is 2. The quantitative estimate of drug-likeness (QED) is 0.836. The molecule has 2 aliphatic carbocycles. The highest BCUT2D eigenvalue weighted by atomic mass is 19.3. The van der Waals surface area contributed by atoms with E-state index in [-0.39, 0.29) is 32.0 Å². The summed E-state index contributed by atoms with van der Waals surface area (Å²) in [6, 6.07) is -0.406. The van der Waals surface area contributed by atoms with Crippen LogP contribution in [0.4, 0.5) is 13.6 Å². The van der Waals surface area contributed by atoms with Gasteiger partial charge in [0.25, 0.3) is 5.92 Å². The van der Waals surface area contributed by atoms with Crippen LogP contribution in [0, 0.1) is 22.7 Å². The van der Waals surface area contributed by atoms with Crippen molar-refractivity contribution < 1.29 is 18.4 Å². The van der Waals surface area contributed by atoms with Crippen LogP contribution in [-0.4, -0.2) is 60.4 Å². The van der Waals surface area contributed by atoms with Gasteiger partial charge in [-0.25, -0.2) is 13.6 Å². The maximum atomic E-state index is 13.5. The highest BCUT2D eigenvalue weighted by Gasteiger charge is 2.67. The van der Waals surface area contributed by atoms with Crippen molar-refractivity contribution in [3.05, 3.63) is 0 Å². The molecule has 2 unspecified atom stereocenters. The fraction of sp³-hybridized carbons (Fsp3) is 0.875. The highest BCUT2D eigenvalue weighted by molar-refractivity contribution is 5.84. The molecule has 2 saturated carbocycles. The predicted molar refractivity (Wildman–Crippen MR) is 78.9 cm³/mol. The zero-order valence-electron chi connectivity index (χ0n) is 13.6. The number of likely N-dealkylation sites (tertiary alicyclic amines) is 2. The first-order valence-corrected chi connectivity index (χ1v) is 8.35. The predicted octanol–water partition coefficient (Wildman–Crippen LogP) is 1.54. The molecule has 1 spiro atoms. The summed E-state index contributed by atoms with van der Waals surface area (Å²) in [6.07, 6.45) is 0.406. The number of amides is 3. The Bertz CT molecular complexity index is 558. The molecule has 0 aromatic rings. The Morgan fingerprint density at radius 3 is 2.17 bits per heavy atom. The number of piperidine rings is 1. The Morgan fingerprint density at radius 1 is 1.09 bits per heavy atom. The van der Waals surface area contributed by atoms with E-state index in [0.29, 0.717) is 23.7 Å². The summed E-state index contributed by atoms with van der Waals surface area (Å²) in [5.74, 6) is -1.55. The molecule has 0 radical (unpaired) electrons. The van der Waals surface area contributed by atoms with E-state index in [2.05, 4.69) is 19.2 Å². The molecule has 5 nitrogen and oxygen atoms in total. The zero-order valence-corrected chi connectivity index (χ0v) is 13.6. The van der Waals surface area contributed by atoms with Gasteiger partial charge in [0.15, 0.2) is 0 Å². The summed E-state index contributed by atoms with van der Waals surface area (Å²) in [7, 11) is 0. The van der Waals surface area contributed by atoms with Gasteiger partial charge in [-0.3, -0.25) is 4.79 Å². The molecule has 23 heavy (non-hydrogen) atoms. The lowest BCUT2D eigenvalue weighted by Crippen LogP contribution is -2.72. The summed E-state index contributed by atoms with van der Waals surface area (Å²) in [6.45, 7) is 6.14. The van der Waals surface area contributed by atoms with Gasteiger partial charge in [0.1, 0.15) is 0 Å². The van der Waals surface area contributed by atoms with Crippen molar-refractivity contribution in [2.24, 2.45) is 22.7 Å². The average Bonchev–Trinajstić information content (AvgIpc) is 2.79. The largest absolute Gasteiger partial charge is 0.341 e. The molecule has 2 aliphatic heterocycles. The van der Waals surface area contributed by atoms with Gasteiger partial charge >= 0.3 is 6.03 Å². The van der Waals surface area contributed by atoms with Gasteiger partial charge in [0.2, 0.25) is 5.91 Å². The van der Waals surface area contributed by atoms with Crippen molar-refractivity contribution in [1.82, 2.24) is 15.1 Å². The Balaban J connectivity index is 1.21. The number of alkyl halides is 2. The average molecular weight is 327 g/mol. The number of fused-ring (bicyclic) bond motifs is 1. The van der Waals surface area contributed by atoms with Gasteiger partial charge in [-0.2, -0.15) is 0 Å². The Labute approximate surface area is 134 Å². The minimum atomic E-state index is -2.64. The molecule has 2 heterocycles. The molecule has 128 valence electrons. The lowest BCUT2D eigenvalue weighted by molar-refractivity contribution is -0.248. The van der Waals surface area contributed by atoms with E-state index in [0.717, 1.165) is 13.1 Å². The van der Waals surface area contributed by atoms with Crippen LogP contribution in [0.5, 0.6) is 0 Å². The van der Waals surface area contributed by atoms with E-state index in [4.69, 9.17) is 0 Å². The van der Waals surface area contributed by atoms with Crippen LogP contribution >= 0.6 is 0 Å². The van der Waals surface area contributed by atoms with Crippen LogP contribution in [0.2, 0.25) is 0 Å². The van der Waals surface area contributed by atoms with Gasteiger partial charge in [-0.1, -0.05) is 13.8 Å². The van der Waals surface area contributed by atoms with Crippen LogP contribution < -0.4 is 5.32 Å². The molecule has 4 rings (SSSR count). The lowest BCUT2D eigenvalue weighted by atomic mass is 9.60. The molecule has 0 aromatic carbocycles. The second-order valence-corrected chi connectivity index (χ2v) is 8.33. The van der Waals surface area contributed by atoms with Gasteiger partial charge < -0.3 is 15.1 Å². The summed E-state index contributed by atoms with van der Waals surface area (Å²) >= 11 is 0. The van der Waals surface area contributed by atoms with E-state index < -0.39 is 17.4 Å². The van der Waals surface area contributed by atoms with Crippen molar-refractivity contribution >= 4 is 11.9 Å². The third kappa shape index (κ3) is 2.01. The minimum Gasteiger partial charge on any atom is -0.341 e. The first kappa shape index (κ1) is 15.1. The standard InChI is InChI=1S/C16H23F2N3O2/c1-14(2)10-6-20(7-11(10)14)12(22)5-19-13(23)21-8-15(9-21)3-4-16(15,17)18/h10-11H,3-9H2,1-2H3,(H,19,23). The van der Waals surface area contributed by atoms with Crippen molar-refractivity contribution in [3.8, 4) is 0 Å². The molecule has 7 heteroatoms. The monoisotopic (exact) mass is 327 g/mol. The number of urea groups is 1. The summed E-state index contributed by atoms with van der Waals surface area (Å²) in [4.78, 5) is 27.3. The Kier molecular flexibility index (Phi) is 2.87. The van der Waals surface area contributed by atoms with Crippen molar-refractivity contribution in [2.75, 3.05) is 32.7 Å². The molecular formula is C16H23F2N3O2. The smallest absolute Gasteiger partial charge is 0.317 e. The molecule has 2 atom stereocenters. The lowest BCUT2D eigenvalue weighted by Gasteiger charge is -2.59. The number of halogens is 2. The van der Waals surface area contributed by atoms with Crippen molar-refractivity contribution in [2.45, 2.75) is 32.6 Å². The van der Waals surface area contributed by atoms with Crippen LogP contribution in [-0.2, 0) is 4.79 Å². The molecule has 0 bridgehead atoms. The first-order chi connectivity index (χ1) is 10.7. The highest BCUT2D eigenvalue weighted by Crippen LogP contribution is 2.62. The number of carbonyl (C=O) groups is 2. The number of carbonyl (C=O) groups excluding carboxylic acids is 2.